The van der Waals surface area contributed by atoms with Crippen LogP contribution < -0.4 is 0 Å². The minimum atomic E-state index is 0.640. The number of pyridine rings is 2. The minimum Gasteiger partial charge on any atom is -0.256 e. The molecule has 0 aliphatic rings. The van der Waals surface area contributed by atoms with Gasteiger partial charge in [0.15, 0.2) is 17.5 Å². The summed E-state index contributed by atoms with van der Waals surface area (Å²) < 4.78 is 1.21. The Morgan fingerprint density at radius 3 is 1.83 bits per heavy atom. The monoisotopic (exact) mass is 619 g/mol. The first kappa shape index (κ1) is 27.2. The largest absolute Gasteiger partial charge is 0.256 e. The van der Waals surface area contributed by atoms with E-state index in [1.54, 1.807) is 11.3 Å². The van der Waals surface area contributed by atoms with Gasteiger partial charge in [-0.3, -0.25) is 4.98 Å². The molecule has 0 saturated heterocycles. The number of fused-ring (bicyclic) bond motifs is 4. The molecule has 4 heterocycles. The molecule has 0 N–H and O–H groups in total. The molecule has 0 aliphatic heterocycles. The lowest BCUT2D eigenvalue weighted by Crippen LogP contribution is -2.00. The third kappa shape index (κ3) is 5.01. The summed E-state index contributed by atoms with van der Waals surface area (Å²) in [4.78, 5) is 25.5. The van der Waals surface area contributed by atoms with Crippen LogP contribution in [0.4, 0.5) is 0 Å². The van der Waals surface area contributed by atoms with E-state index in [-0.39, 0.29) is 0 Å². The van der Waals surface area contributed by atoms with Gasteiger partial charge in [0.05, 0.1) is 11.2 Å². The Bertz CT molecular complexity index is 2520. The Morgan fingerprint density at radius 2 is 1.06 bits per heavy atom. The first-order chi connectivity index (χ1) is 23.3. The Balaban J connectivity index is 1.12. The van der Waals surface area contributed by atoms with E-state index in [2.05, 4.69) is 83.8 Å². The number of thiophene rings is 1. The normalized spacial score (nSPS) is 11.4. The van der Waals surface area contributed by atoms with E-state index < -0.39 is 0 Å². The van der Waals surface area contributed by atoms with Crippen molar-refractivity contribution in [2.75, 3.05) is 0 Å². The van der Waals surface area contributed by atoms with Crippen LogP contribution in [0.25, 0.3) is 87.8 Å². The van der Waals surface area contributed by atoms with Crippen LogP contribution in [0, 0.1) is 0 Å². The zero-order valence-electron chi connectivity index (χ0n) is 25.1. The maximum atomic E-state index is 5.11. The van der Waals surface area contributed by atoms with Crippen LogP contribution in [-0.2, 0) is 0 Å². The highest BCUT2D eigenvalue weighted by molar-refractivity contribution is 7.25. The highest BCUT2D eigenvalue weighted by Gasteiger charge is 2.15. The number of para-hydroxylation sites is 1. The molecule has 5 nitrogen and oxygen atoms in total. The van der Waals surface area contributed by atoms with E-state index in [9.17, 15) is 0 Å². The fraction of sp³-hybridized carbons (Fsp3) is 0. The van der Waals surface area contributed by atoms with E-state index in [0.29, 0.717) is 17.5 Å². The Kier molecular flexibility index (Phi) is 6.58. The van der Waals surface area contributed by atoms with Gasteiger partial charge in [0.1, 0.15) is 4.83 Å². The summed E-state index contributed by atoms with van der Waals surface area (Å²) in [6.45, 7) is 0. The maximum absolute atomic E-state index is 5.11. The van der Waals surface area contributed by atoms with Crippen molar-refractivity contribution in [3.8, 4) is 56.5 Å². The van der Waals surface area contributed by atoms with E-state index in [1.807, 2.05) is 72.9 Å². The molecule has 0 amide bonds. The molecule has 0 atom stereocenters. The molecule has 0 bridgehead atoms. The topological polar surface area (TPSA) is 64.5 Å². The molecule has 5 aromatic carbocycles. The zero-order valence-corrected chi connectivity index (χ0v) is 25.9. The van der Waals surface area contributed by atoms with Crippen LogP contribution in [0.2, 0.25) is 0 Å². The van der Waals surface area contributed by atoms with Crippen LogP contribution in [-0.4, -0.2) is 24.9 Å². The Morgan fingerprint density at radius 1 is 0.426 bits per heavy atom. The van der Waals surface area contributed by atoms with Crippen LogP contribution in [0.3, 0.4) is 0 Å². The third-order valence-corrected chi connectivity index (χ3v) is 9.48. The molecule has 0 saturated carbocycles. The van der Waals surface area contributed by atoms with E-state index >= 15 is 0 Å². The summed E-state index contributed by atoms with van der Waals surface area (Å²) in [5, 5.41) is 3.46. The lowest BCUT2D eigenvalue weighted by molar-refractivity contribution is 1.07. The van der Waals surface area contributed by atoms with E-state index in [0.717, 1.165) is 60.2 Å². The minimum absolute atomic E-state index is 0.640. The van der Waals surface area contributed by atoms with Gasteiger partial charge in [0.25, 0.3) is 0 Å². The number of nitrogens with zero attached hydrogens (tertiary/aromatic N) is 5. The molecule has 0 unspecified atom stereocenters. The predicted molar refractivity (Wildman–Crippen MR) is 193 cm³/mol. The molecule has 0 fully saturated rings. The third-order valence-electron chi connectivity index (χ3n) is 8.40. The Hall–Kier alpha value is -6.11. The maximum Gasteiger partial charge on any atom is 0.164 e. The highest BCUT2D eigenvalue weighted by Crippen LogP contribution is 2.38. The van der Waals surface area contributed by atoms with Crippen molar-refractivity contribution in [1.82, 2.24) is 24.9 Å². The van der Waals surface area contributed by atoms with Gasteiger partial charge in [-0.05, 0) is 47.5 Å². The molecule has 9 aromatic rings. The average Bonchev–Trinajstić information content (AvgIpc) is 3.52. The SMILES string of the molecule is c1ccc(-c2nc(-c3ccccc3)nc(-c3cccc(-c4ccc5sc6nc(-c7cccc8cccnc78)ccc6c5c4)c3)n2)cc1. The molecule has 6 heteroatoms. The van der Waals surface area contributed by atoms with Gasteiger partial charge in [-0.15, -0.1) is 11.3 Å². The first-order valence-corrected chi connectivity index (χ1v) is 16.2. The predicted octanol–water partition coefficient (Wildman–Crippen LogP) is 10.5. The fourth-order valence-electron chi connectivity index (χ4n) is 6.07. The molecule has 0 aliphatic carbocycles. The lowest BCUT2D eigenvalue weighted by Gasteiger charge is -2.10. The Labute approximate surface area is 275 Å². The molecule has 220 valence electrons. The van der Waals surface area contributed by atoms with Gasteiger partial charge >= 0.3 is 0 Å². The number of aromatic nitrogens is 5. The smallest absolute Gasteiger partial charge is 0.164 e. The van der Waals surface area contributed by atoms with Gasteiger partial charge in [0.2, 0.25) is 0 Å². The van der Waals surface area contributed by atoms with Crippen molar-refractivity contribution < 1.29 is 0 Å². The number of hydrogen-bond acceptors (Lipinski definition) is 6. The first-order valence-electron chi connectivity index (χ1n) is 15.4. The van der Waals surface area contributed by atoms with Crippen LogP contribution in [0.5, 0.6) is 0 Å². The van der Waals surface area contributed by atoms with Gasteiger partial charge in [-0.1, -0.05) is 109 Å². The van der Waals surface area contributed by atoms with Crippen LogP contribution in [0.15, 0.2) is 152 Å². The van der Waals surface area contributed by atoms with Crippen molar-refractivity contribution in [3.05, 3.63) is 152 Å². The second-order valence-corrected chi connectivity index (χ2v) is 12.4. The van der Waals surface area contributed by atoms with E-state index in [4.69, 9.17) is 19.9 Å². The standard InChI is InChI=1S/C41H25N5S/c1-3-10-27(11-4-1)38-44-39(28-12-5-2-6-13-28)46-40(45-38)31-16-7-15-29(24-31)30-19-22-36-34(25-30)32-20-21-35(43-41(32)47-36)33-18-8-14-26-17-9-23-42-37(26)33/h1-25H. The van der Waals surface area contributed by atoms with Crippen LogP contribution in [0.1, 0.15) is 0 Å². The van der Waals surface area contributed by atoms with Crippen molar-refractivity contribution >= 4 is 42.5 Å². The molecule has 9 rings (SSSR count). The molecule has 47 heavy (non-hydrogen) atoms. The summed E-state index contributed by atoms with van der Waals surface area (Å²) in [5.41, 5.74) is 8.01. The zero-order chi connectivity index (χ0) is 31.2. The van der Waals surface area contributed by atoms with Crippen molar-refractivity contribution in [3.63, 3.8) is 0 Å². The van der Waals surface area contributed by atoms with Crippen molar-refractivity contribution in [1.29, 1.82) is 0 Å². The van der Waals surface area contributed by atoms with Gasteiger partial charge < -0.3 is 0 Å². The van der Waals surface area contributed by atoms with E-state index in [1.165, 1.54) is 10.1 Å². The van der Waals surface area contributed by atoms with Gasteiger partial charge in [-0.2, -0.15) is 0 Å². The lowest BCUT2D eigenvalue weighted by atomic mass is 10.0. The van der Waals surface area contributed by atoms with Gasteiger partial charge in [-0.25, -0.2) is 19.9 Å². The summed E-state index contributed by atoms with van der Waals surface area (Å²) in [6.07, 6.45) is 1.84. The van der Waals surface area contributed by atoms with Gasteiger partial charge in [0, 0.05) is 49.3 Å². The average molecular weight is 620 g/mol. The number of rotatable bonds is 5. The molecule has 4 aromatic heterocycles. The molecular weight excluding hydrogens is 595 g/mol. The molecule has 0 radical (unpaired) electrons. The number of benzene rings is 5. The molecule has 0 spiro atoms. The summed E-state index contributed by atoms with van der Waals surface area (Å²) in [7, 11) is 0. The highest BCUT2D eigenvalue weighted by atomic mass is 32.1. The van der Waals surface area contributed by atoms with Crippen molar-refractivity contribution in [2.45, 2.75) is 0 Å². The fourth-order valence-corrected chi connectivity index (χ4v) is 7.13. The second kappa shape index (κ2) is 11.4. The molecular formula is C41H25N5S. The van der Waals surface area contributed by atoms with Crippen molar-refractivity contribution in [2.24, 2.45) is 0 Å². The summed E-state index contributed by atoms with van der Waals surface area (Å²) in [6, 6.07) is 49.8. The van der Waals surface area contributed by atoms with Crippen LogP contribution >= 0.6 is 11.3 Å². The summed E-state index contributed by atoms with van der Waals surface area (Å²) in [5.74, 6) is 1.94. The summed E-state index contributed by atoms with van der Waals surface area (Å²) >= 11 is 1.72. The second-order valence-electron chi connectivity index (χ2n) is 11.4. The number of hydrogen-bond donors (Lipinski definition) is 0. The quantitative estimate of drug-likeness (QED) is 0.192.